The van der Waals surface area contributed by atoms with Crippen molar-refractivity contribution in [3.63, 3.8) is 0 Å². The topological polar surface area (TPSA) is 49.2 Å². The number of aromatic amines is 1. The van der Waals surface area contributed by atoms with Crippen LogP contribution in [0.1, 0.15) is 25.7 Å². The van der Waals surface area contributed by atoms with Crippen LogP contribution in [-0.4, -0.2) is 34.3 Å². The van der Waals surface area contributed by atoms with E-state index >= 15 is 0 Å². The molecular formula is C15H18Cl2N2O2S. The first-order chi connectivity index (χ1) is 10.1. The Morgan fingerprint density at radius 2 is 2.00 bits per heavy atom. The minimum Gasteiger partial charge on any atom is -0.408 e. The molecule has 1 N–H and O–H groups in total. The Hall–Kier alpha value is -0.620. The maximum absolute atomic E-state index is 11.3. The van der Waals surface area contributed by atoms with Gasteiger partial charge in [-0.15, -0.1) is 24.2 Å². The molecule has 1 aromatic carbocycles. The molecule has 2 unspecified atom stereocenters. The Bertz CT molecular complexity index is 731. The van der Waals surface area contributed by atoms with Gasteiger partial charge in [0.1, 0.15) is 0 Å². The molecule has 2 aliphatic heterocycles. The zero-order chi connectivity index (χ0) is 14.6. The van der Waals surface area contributed by atoms with Crippen LogP contribution in [0, 0.1) is 0 Å². The van der Waals surface area contributed by atoms with Gasteiger partial charge in [0.25, 0.3) is 0 Å². The number of H-pyrrole nitrogens is 1. The predicted octanol–water partition coefficient (Wildman–Crippen LogP) is 3.91. The number of hydrogen-bond donors (Lipinski definition) is 1. The van der Waals surface area contributed by atoms with Gasteiger partial charge in [0.2, 0.25) is 0 Å². The fourth-order valence-electron chi connectivity index (χ4n) is 3.68. The normalized spacial score (nSPS) is 28.0. The van der Waals surface area contributed by atoms with Crippen LogP contribution in [0.3, 0.4) is 0 Å². The molecule has 2 bridgehead atoms. The average molecular weight is 361 g/mol. The van der Waals surface area contributed by atoms with Gasteiger partial charge in [-0.25, -0.2) is 4.79 Å². The van der Waals surface area contributed by atoms with Gasteiger partial charge in [-0.3, -0.25) is 4.98 Å². The van der Waals surface area contributed by atoms with E-state index in [4.69, 9.17) is 16.0 Å². The molecule has 22 heavy (non-hydrogen) atoms. The molecule has 4 nitrogen and oxygen atoms in total. The van der Waals surface area contributed by atoms with E-state index in [1.54, 1.807) is 6.07 Å². The van der Waals surface area contributed by atoms with E-state index in [9.17, 15) is 4.79 Å². The summed E-state index contributed by atoms with van der Waals surface area (Å²) in [7, 11) is 2.25. The summed E-state index contributed by atoms with van der Waals surface area (Å²) >= 11 is 8.18. The summed E-state index contributed by atoms with van der Waals surface area (Å²) in [6.45, 7) is 0. The van der Waals surface area contributed by atoms with Crippen molar-refractivity contribution in [3.05, 3.63) is 27.7 Å². The Kier molecular flexibility index (Phi) is 4.52. The van der Waals surface area contributed by atoms with Crippen molar-refractivity contribution in [2.24, 2.45) is 0 Å². The molecule has 2 aromatic rings. The maximum Gasteiger partial charge on any atom is 0.417 e. The van der Waals surface area contributed by atoms with Crippen LogP contribution in [0.2, 0.25) is 5.02 Å². The summed E-state index contributed by atoms with van der Waals surface area (Å²) in [4.78, 5) is 17.4. The fraction of sp³-hybridized carbons (Fsp3) is 0.533. The number of thioether (sulfide) groups is 1. The maximum atomic E-state index is 11.3. The molecule has 0 amide bonds. The van der Waals surface area contributed by atoms with Crippen molar-refractivity contribution in [2.75, 3.05) is 7.05 Å². The standard InChI is InChI=1S/C15H17ClN2O2S.ClH/c1-18-8-2-3-9(18)5-10(4-8)21-14-7-13-12(6-11(14)16)17-15(19)20-13;/h6-10H,2-5H2,1H3,(H,17,19);1H. The van der Waals surface area contributed by atoms with Gasteiger partial charge in [0.05, 0.1) is 10.5 Å². The minimum absolute atomic E-state index is 0. The molecule has 3 heterocycles. The molecule has 2 fully saturated rings. The zero-order valence-corrected chi connectivity index (χ0v) is 14.6. The van der Waals surface area contributed by atoms with Crippen LogP contribution in [0.15, 0.2) is 26.2 Å². The highest BCUT2D eigenvalue weighted by atomic mass is 35.5. The third-order valence-corrected chi connectivity index (χ3v) is 6.56. The largest absolute Gasteiger partial charge is 0.417 e. The number of fused-ring (bicyclic) bond motifs is 3. The Morgan fingerprint density at radius 1 is 1.32 bits per heavy atom. The number of piperidine rings is 1. The summed E-state index contributed by atoms with van der Waals surface area (Å²) in [5.74, 6) is -0.430. The van der Waals surface area contributed by atoms with Gasteiger partial charge < -0.3 is 9.32 Å². The summed E-state index contributed by atoms with van der Waals surface area (Å²) < 4.78 is 5.13. The monoisotopic (exact) mass is 360 g/mol. The molecule has 2 saturated heterocycles. The van der Waals surface area contributed by atoms with Crippen molar-refractivity contribution >= 4 is 46.9 Å². The van der Waals surface area contributed by atoms with Crippen molar-refractivity contribution in [1.82, 2.24) is 9.88 Å². The lowest BCUT2D eigenvalue weighted by molar-refractivity contribution is 0.183. The first kappa shape index (κ1) is 16.2. The van der Waals surface area contributed by atoms with E-state index in [1.165, 1.54) is 25.7 Å². The number of hydrogen-bond acceptors (Lipinski definition) is 4. The number of benzene rings is 1. The molecule has 2 atom stereocenters. The average Bonchev–Trinajstić information content (AvgIpc) is 2.86. The van der Waals surface area contributed by atoms with E-state index < -0.39 is 5.76 Å². The molecule has 7 heteroatoms. The number of nitrogens with zero attached hydrogens (tertiary/aromatic N) is 1. The molecule has 0 aliphatic carbocycles. The van der Waals surface area contributed by atoms with E-state index in [2.05, 4.69) is 16.9 Å². The highest BCUT2D eigenvalue weighted by molar-refractivity contribution is 8.00. The number of oxazole rings is 1. The first-order valence-electron chi connectivity index (χ1n) is 7.31. The second-order valence-corrected chi connectivity index (χ2v) is 7.80. The first-order valence-corrected chi connectivity index (χ1v) is 8.57. The van der Waals surface area contributed by atoms with Crippen molar-refractivity contribution in [2.45, 2.75) is 47.9 Å². The van der Waals surface area contributed by atoms with Crippen LogP contribution < -0.4 is 5.76 Å². The van der Waals surface area contributed by atoms with Crippen LogP contribution in [0.5, 0.6) is 0 Å². The van der Waals surface area contributed by atoms with Gasteiger partial charge in [-0.1, -0.05) is 11.6 Å². The summed E-state index contributed by atoms with van der Waals surface area (Å²) in [6.07, 6.45) is 5.06. The summed E-state index contributed by atoms with van der Waals surface area (Å²) in [5, 5.41) is 1.29. The number of rotatable bonds is 2. The lowest BCUT2D eigenvalue weighted by atomic mass is 10.0. The Balaban J connectivity index is 0.00000144. The third-order valence-electron chi connectivity index (χ3n) is 4.82. The van der Waals surface area contributed by atoms with Crippen LogP contribution in [-0.2, 0) is 0 Å². The number of nitrogens with one attached hydrogen (secondary N) is 1. The highest BCUT2D eigenvalue weighted by Gasteiger charge is 2.38. The predicted molar refractivity (Wildman–Crippen MR) is 92.5 cm³/mol. The van der Waals surface area contributed by atoms with E-state index in [1.807, 2.05) is 17.8 Å². The number of halogens is 2. The van der Waals surface area contributed by atoms with Crippen LogP contribution in [0.4, 0.5) is 0 Å². The molecule has 120 valence electrons. The van der Waals surface area contributed by atoms with E-state index in [-0.39, 0.29) is 12.4 Å². The molecular weight excluding hydrogens is 343 g/mol. The molecule has 0 radical (unpaired) electrons. The molecule has 1 aromatic heterocycles. The lowest BCUT2D eigenvalue weighted by Gasteiger charge is -2.36. The second-order valence-electron chi connectivity index (χ2n) is 6.06. The van der Waals surface area contributed by atoms with Gasteiger partial charge in [0.15, 0.2) is 5.58 Å². The third kappa shape index (κ3) is 2.80. The highest BCUT2D eigenvalue weighted by Crippen LogP contribution is 2.43. The van der Waals surface area contributed by atoms with Gasteiger partial charge >= 0.3 is 5.76 Å². The fourth-order valence-corrected chi connectivity index (χ4v) is 5.32. The smallest absolute Gasteiger partial charge is 0.408 e. The summed E-state index contributed by atoms with van der Waals surface area (Å²) in [5.41, 5.74) is 1.25. The van der Waals surface area contributed by atoms with Crippen molar-refractivity contribution < 1.29 is 4.42 Å². The van der Waals surface area contributed by atoms with Gasteiger partial charge in [0, 0.05) is 22.2 Å². The summed E-state index contributed by atoms with van der Waals surface area (Å²) in [6, 6.07) is 5.11. The molecule has 4 rings (SSSR count). The minimum atomic E-state index is -0.430. The molecule has 2 aliphatic rings. The Morgan fingerprint density at radius 3 is 2.68 bits per heavy atom. The zero-order valence-electron chi connectivity index (χ0n) is 12.2. The van der Waals surface area contributed by atoms with E-state index in [0.29, 0.717) is 33.5 Å². The molecule has 0 saturated carbocycles. The van der Waals surface area contributed by atoms with Gasteiger partial charge in [-0.2, -0.15) is 0 Å². The molecule has 0 spiro atoms. The van der Waals surface area contributed by atoms with Crippen molar-refractivity contribution in [1.29, 1.82) is 0 Å². The lowest BCUT2D eigenvalue weighted by Crippen LogP contribution is -2.40. The SMILES string of the molecule is CN1C2CCC1CC(Sc1cc3oc(=O)[nH]c3cc1Cl)C2.Cl. The van der Waals surface area contributed by atoms with Gasteiger partial charge in [-0.05, 0) is 44.9 Å². The van der Waals surface area contributed by atoms with Crippen LogP contribution in [0.25, 0.3) is 11.1 Å². The second kappa shape index (κ2) is 6.11. The van der Waals surface area contributed by atoms with E-state index in [0.717, 1.165) is 4.90 Å². The Labute approximate surface area is 144 Å². The number of aromatic nitrogens is 1. The van der Waals surface area contributed by atoms with Crippen LogP contribution >= 0.6 is 35.8 Å². The quantitative estimate of drug-likeness (QED) is 0.881. The van der Waals surface area contributed by atoms with Crippen molar-refractivity contribution in [3.8, 4) is 0 Å².